The molecule has 0 bridgehead atoms. The number of ether oxygens (including phenoxy) is 1. The highest BCUT2D eigenvalue weighted by atomic mass is 35.5. The van der Waals surface area contributed by atoms with Gasteiger partial charge in [-0.25, -0.2) is 0 Å². The summed E-state index contributed by atoms with van der Waals surface area (Å²) < 4.78 is 6.39. The van der Waals surface area contributed by atoms with Gasteiger partial charge in [-0.1, -0.05) is 18.5 Å². The second kappa shape index (κ2) is 7.23. The van der Waals surface area contributed by atoms with Crippen molar-refractivity contribution >= 4 is 22.9 Å². The Morgan fingerprint density at radius 3 is 2.87 bits per heavy atom. The molecule has 1 aromatic heterocycles. The Labute approximate surface area is 101 Å². The van der Waals surface area contributed by atoms with Crippen molar-refractivity contribution in [2.45, 2.75) is 20.3 Å². The fourth-order valence-electron chi connectivity index (χ4n) is 1.24. The highest BCUT2D eigenvalue weighted by molar-refractivity contribution is 7.16. The minimum atomic E-state index is 0.779. The molecule has 0 aliphatic carbocycles. The lowest BCUT2D eigenvalue weighted by molar-refractivity contribution is 0.140. The first kappa shape index (κ1) is 13.0. The van der Waals surface area contributed by atoms with E-state index < -0.39 is 0 Å². The Bertz CT molecular complexity index is 269. The van der Waals surface area contributed by atoms with Crippen LogP contribution in [-0.2, 0) is 11.2 Å². The molecule has 2 nitrogen and oxygen atoms in total. The van der Waals surface area contributed by atoms with Gasteiger partial charge < -0.3 is 10.1 Å². The van der Waals surface area contributed by atoms with Gasteiger partial charge in [-0.15, -0.1) is 11.3 Å². The zero-order chi connectivity index (χ0) is 11.1. The highest BCUT2D eigenvalue weighted by Gasteiger charge is 2.02. The lowest BCUT2D eigenvalue weighted by Gasteiger charge is -2.03. The maximum Gasteiger partial charge on any atom is 0.0960 e. The van der Waals surface area contributed by atoms with Crippen molar-refractivity contribution in [3.63, 3.8) is 0 Å². The summed E-state index contributed by atoms with van der Waals surface area (Å²) in [6.07, 6.45) is 0.963. The SMILES string of the molecule is CCNCCOCCc1cc(C)c(Cl)s1. The van der Waals surface area contributed by atoms with Gasteiger partial charge in [0.1, 0.15) is 0 Å². The van der Waals surface area contributed by atoms with Crippen LogP contribution in [0.4, 0.5) is 0 Å². The Kier molecular flexibility index (Phi) is 6.25. The van der Waals surface area contributed by atoms with Crippen molar-refractivity contribution in [1.29, 1.82) is 0 Å². The number of rotatable bonds is 7. The predicted octanol–water partition coefficient (Wildman–Crippen LogP) is 2.88. The van der Waals surface area contributed by atoms with E-state index in [1.807, 2.05) is 6.92 Å². The molecule has 0 radical (unpaired) electrons. The van der Waals surface area contributed by atoms with Gasteiger partial charge in [-0.3, -0.25) is 0 Å². The lowest BCUT2D eigenvalue weighted by Crippen LogP contribution is -2.19. The summed E-state index contributed by atoms with van der Waals surface area (Å²) in [5.41, 5.74) is 1.17. The molecule has 0 amide bonds. The van der Waals surface area contributed by atoms with Crippen LogP contribution in [-0.4, -0.2) is 26.3 Å². The lowest BCUT2D eigenvalue weighted by atomic mass is 10.3. The molecule has 0 unspecified atom stereocenters. The van der Waals surface area contributed by atoms with Crippen LogP contribution in [0, 0.1) is 6.92 Å². The monoisotopic (exact) mass is 247 g/mol. The number of likely N-dealkylation sites (N-methyl/N-ethyl adjacent to an activating group) is 1. The van der Waals surface area contributed by atoms with Gasteiger partial charge in [0.2, 0.25) is 0 Å². The summed E-state index contributed by atoms with van der Waals surface area (Å²) in [6, 6.07) is 2.14. The molecule has 1 N–H and O–H groups in total. The largest absolute Gasteiger partial charge is 0.380 e. The zero-order valence-electron chi connectivity index (χ0n) is 9.31. The number of thiophene rings is 1. The number of hydrogen-bond acceptors (Lipinski definition) is 3. The molecule has 86 valence electrons. The highest BCUT2D eigenvalue weighted by Crippen LogP contribution is 2.26. The van der Waals surface area contributed by atoms with E-state index in [9.17, 15) is 0 Å². The average Bonchev–Trinajstić information content (AvgIpc) is 2.52. The third kappa shape index (κ3) is 4.98. The van der Waals surface area contributed by atoms with Crippen LogP contribution in [0.5, 0.6) is 0 Å². The van der Waals surface area contributed by atoms with Crippen molar-refractivity contribution < 1.29 is 4.74 Å². The molecule has 1 rings (SSSR count). The summed E-state index contributed by atoms with van der Waals surface area (Å²) in [5.74, 6) is 0. The van der Waals surface area contributed by atoms with E-state index in [-0.39, 0.29) is 0 Å². The molecule has 0 aliphatic heterocycles. The number of nitrogens with one attached hydrogen (secondary N) is 1. The molecule has 1 heterocycles. The van der Waals surface area contributed by atoms with Crippen molar-refractivity contribution in [2.75, 3.05) is 26.3 Å². The smallest absolute Gasteiger partial charge is 0.0960 e. The third-order valence-corrected chi connectivity index (χ3v) is 3.69. The van der Waals surface area contributed by atoms with Gasteiger partial charge in [0.15, 0.2) is 0 Å². The van der Waals surface area contributed by atoms with Crippen LogP contribution in [0.3, 0.4) is 0 Å². The molecule has 0 fully saturated rings. The molecule has 0 saturated heterocycles. The van der Waals surface area contributed by atoms with Crippen LogP contribution in [0.15, 0.2) is 6.07 Å². The standard InChI is InChI=1S/C11H18ClNOS/c1-3-13-5-7-14-6-4-10-8-9(2)11(12)15-10/h8,13H,3-7H2,1-2H3. The maximum atomic E-state index is 5.98. The quantitative estimate of drug-likeness (QED) is 0.749. The summed E-state index contributed by atoms with van der Waals surface area (Å²) in [4.78, 5) is 1.31. The fraction of sp³-hybridized carbons (Fsp3) is 0.636. The zero-order valence-corrected chi connectivity index (χ0v) is 10.9. The summed E-state index contributed by atoms with van der Waals surface area (Å²) in [7, 11) is 0. The minimum absolute atomic E-state index is 0.779. The Morgan fingerprint density at radius 1 is 1.47 bits per heavy atom. The Morgan fingerprint density at radius 2 is 2.27 bits per heavy atom. The Hall–Kier alpha value is -0.0900. The molecule has 0 atom stereocenters. The van der Waals surface area contributed by atoms with Crippen LogP contribution >= 0.6 is 22.9 Å². The number of aryl methyl sites for hydroxylation is 1. The van der Waals surface area contributed by atoms with Gasteiger partial charge in [0.05, 0.1) is 17.6 Å². The maximum absolute atomic E-state index is 5.98. The second-order valence-corrected chi connectivity index (χ2v) is 5.12. The average molecular weight is 248 g/mol. The first-order valence-corrected chi connectivity index (χ1v) is 6.46. The molecule has 0 aromatic carbocycles. The third-order valence-electron chi connectivity index (χ3n) is 2.07. The summed E-state index contributed by atoms with van der Waals surface area (Å²) in [5, 5.41) is 3.22. The molecule has 0 spiro atoms. The number of hydrogen-bond donors (Lipinski definition) is 1. The molecular weight excluding hydrogens is 230 g/mol. The van der Waals surface area contributed by atoms with Gasteiger partial charge in [-0.05, 0) is 25.1 Å². The first-order chi connectivity index (χ1) is 7.24. The topological polar surface area (TPSA) is 21.3 Å². The predicted molar refractivity (Wildman–Crippen MR) is 67.1 cm³/mol. The van der Waals surface area contributed by atoms with Crippen molar-refractivity contribution in [3.05, 3.63) is 20.8 Å². The van der Waals surface area contributed by atoms with Gasteiger partial charge in [0, 0.05) is 17.8 Å². The molecule has 0 aliphatic rings. The van der Waals surface area contributed by atoms with Crippen molar-refractivity contribution in [3.8, 4) is 0 Å². The van der Waals surface area contributed by atoms with Crippen LogP contribution < -0.4 is 5.32 Å². The van der Waals surface area contributed by atoms with Crippen LogP contribution in [0.25, 0.3) is 0 Å². The number of halogens is 1. The van der Waals surface area contributed by atoms with E-state index in [4.69, 9.17) is 16.3 Å². The Balaban J connectivity index is 2.10. The van der Waals surface area contributed by atoms with Gasteiger partial charge in [0.25, 0.3) is 0 Å². The second-order valence-electron chi connectivity index (χ2n) is 3.39. The van der Waals surface area contributed by atoms with Crippen LogP contribution in [0.1, 0.15) is 17.4 Å². The molecule has 4 heteroatoms. The normalized spacial score (nSPS) is 10.9. The molecular formula is C11H18ClNOS. The molecule has 0 saturated carbocycles. The summed E-state index contributed by atoms with van der Waals surface area (Å²) in [6.45, 7) is 7.63. The molecule has 1 aromatic rings. The van der Waals surface area contributed by atoms with E-state index >= 15 is 0 Å². The summed E-state index contributed by atoms with van der Waals surface area (Å²) >= 11 is 7.63. The van der Waals surface area contributed by atoms with E-state index in [1.165, 1.54) is 10.4 Å². The molecule has 15 heavy (non-hydrogen) atoms. The van der Waals surface area contributed by atoms with Gasteiger partial charge in [-0.2, -0.15) is 0 Å². The van der Waals surface area contributed by atoms with Crippen LogP contribution in [0.2, 0.25) is 4.34 Å². The van der Waals surface area contributed by atoms with E-state index in [2.05, 4.69) is 18.3 Å². The van der Waals surface area contributed by atoms with E-state index in [1.54, 1.807) is 11.3 Å². The van der Waals surface area contributed by atoms with E-state index in [0.29, 0.717) is 0 Å². The van der Waals surface area contributed by atoms with Crippen molar-refractivity contribution in [1.82, 2.24) is 5.32 Å². The van der Waals surface area contributed by atoms with Gasteiger partial charge >= 0.3 is 0 Å². The first-order valence-electron chi connectivity index (χ1n) is 5.27. The van der Waals surface area contributed by atoms with Crippen molar-refractivity contribution in [2.24, 2.45) is 0 Å². The van der Waals surface area contributed by atoms with E-state index in [0.717, 1.165) is 37.1 Å². The minimum Gasteiger partial charge on any atom is -0.380 e. The fourth-order valence-corrected chi connectivity index (χ4v) is 2.47.